The van der Waals surface area contributed by atoms with Gasteiger partial charge in [0.2, 0.25) is 5.92 Å². The van der Waals surface area contributed by atoms with E-state index >= 15 is 0 Å². The Kier molecular flexibility index (Phi) is 5.11. The lowest BCUT2D eigenvalue weighted by molar-refractivity contribution is -0.149. The maximum Gasteiger partial charge on any atom is 0.257 e. The maximum absolute atomic E-state index is 13.8. The average Bonchev–Trinajstić information content (AvgIpc) is 2.97. The van der Waals surface area contributed by atoms with Crippen LogP contribution in [0.5, 0.6) is 0 Å². The Bertz CT molecular complexity index is 603. The van der Waals surface area contributed by atoms with Crippen LogP contribution in [0, 0.1) is 5.92 Å². The van der Waals surface area contributed by atoms with E-state index in [0.717, 1.165) is 25.9 Å². The van der Waals surface area contributed by atoms with Crippen molar-refractivity contribution < 1.29 is 18.7 Å². The third-order valence-corrected chi connectivity index (χ3v) is 5.61. The minimum absolute atomic E-state index is 0.0270. The van der Waals surface area contributed by atoms with Crippen molar-refractivity contribution in [1.82, 2.24) is 10.2 Å². The fourth-order valence-corrected chi connectivity index (χ4v) is 4.00. The number of amides is 1. The van der Waals surface area contributed by atoms with Gasteiger partial charge in [-0.3, -0.25) is 4.79 Å². The van der Waals surface area contributed by atoms with E-state index in [0.29, 0.717) is 5.56 Å². The Hall–Kier alpha value is -1.53. The van der Waals surface area contributed by atoms with Crippen LogP contribution in [0.15, 0.2) is 30.3 Å². The monoisotopic (exact) mass is 352 g/mol. The molecule has 138 valence electrons. The van der Waals surface area contributed by atoms with E-state index in [1.165, 1.54) is 0 Å². The zero-order chi connectivity index (χ0) is 18.1. The molecule has 1 aliphatic heterocycles. The Labute approximate surface area is 147 Å². The average molecular weight is 352 g/mol. The van der Waals surface area contributed by atoms with Gasteiger partial charge in [-0.25, -0.2) is 8.78 Å². The number of nitrogens with one attached hydrogen (secondary N) is 1. The molecule has 1 saturated carbocycles. The smallest absolute Gasteiger partial charge is 0.257 e. The van der Waals surface area contributed by atoms with E-state index < -0.39 is 29.8 Å². The second kappa shape index (κ2) is 7.00. The van der Waals surface area contributed by atoms with Gasteiger partial charge in [0.15, 0.2) is 5.60 Å². The van der Waals surface area contributed by atoms with Crippen LogP contribution in [-0.2, 0) is 10.4 Å². The second-order valence-corrected chi connectivity index (χ2v) is 7.48. The van der Waals surface area contributed by atoms with Crippen LogP contribution < -0.4 is 5.32 Å². The van der Waals surface area contributed by atoms with Crippen molar-refractivity contribution in [2.24, 2.45) is 5.92 Å². The van der Waals surface area contributed by atoms with Gasteiger partial charge in [-0.05, 0) is 45.0 Å². The van der Waals surface area contributed by atoms with Crippen molar-refractivity contribution >= 4 is 5.91 Å². The van der Waals surface area contributed by atoms with Gasteiger partial charge >= 0.3 is 0 Å². The van der Waals surface area contributed by atoms with E-state index in [4.69, 9.17) is 0 Å². The summed E-state index contributed by atoms with van der Waals surface area (Å²) in [6.07, 6.45) is 0.995. The van der Waals surface area contributed by atoms with Gasteiger partial charge in [-0.2, -0.15) is 0 Å². The zero-order valence-corrected chi connectivity index (χ0v) is 14.5. The molecule has 0 spiro atoms. The molecule has 0 bridgehead atoms. The number of alkyl halides is 2. The molecule has 25 heavy (non-hydrogen) atoms. The summed E-state index contributed by atoms with van der Waals surface area (Å²) in [7, 11) is 2.03. The summed E-state index contributed by atoms with van der Waals surface area (Å²) in [4.78, 5) is 15.2. The normalized spacial score (nSPS) is 27.0. The third-order valence-electron chi connectivity index (χ3n) is 5.61. The van der Waals surface area contributed by atoms with Crippen LogP contribution in [0.2, 0.25) is 0 Å². The van der Waals surface area contributed by atoms with Crippen molar-refractivity contribution in [2.75, 3.05) is 20.1 Å². The van der Waals surface area contributed by atoms with Crippen LogP contribution in [0.3, 0.4) is 0 Å². The van der Waals surface area contributed by atoms with E-state index in [1.807, 2.05) is 7.05 Å². The molecule has 4 nitrogen and oxygen atoms in total. The second-order valence-electron chi connectivity index (χ2n) is 7.48. The van der Waals surface area contributed by atoms with Crippen molar-refractivity contribution in [3.8, 4) is 0 Å². The summed E-state index contributed by atoms with van der Waals surface area (Å²) in [5, 5.41) is 14.2. The topological polar surface area (TPSA) is 52.6 Å². The minimum Gasteiger partial charge on any atom is -0.375 e. The highest BCUT2D eigenvalue weighted by molar-refractivity contribution is 5.87. The molecule has 2 fully saturated rings. The van der Waals surface area contributed by atoms with Crippen molar-refractivity contribution in [3.05, 3.63) is 35.9 Å². The predicted octanol–water partition coefficient (Wildman–Crippen LogP) is 2.52. The van der Waals surface area contributed by atoms with Crippen molar-refractivity contribution in [1.29, 1.82) is 0 Å². The number of benzene rings is 1. The molecule has 1 amide bonds. The number of likely N-dealkylation sites (tertiary alicyclic amines) is 1. The molecule has 1 heterocycles. The summed E-state index contributed by atoms with van der Waals surface area (Å²) in [5.74, 6) is -4.14. The highest BCUT2D eigenvalue weighted by Gasteiger charge is 2.53. The molecule has 2 aliphatic rings. The lowest BCUT2D eigenvalue weighted by atomic mass is 9.79. The van der Waals surface area contributed by atoms with Gasteiger partial charge in [0.25, 0.3) is 5.91 Å². The first kappa shape index (κ1) is 18.3. The van der Waals surface area contributed by atoms with Gasteiger partial charge < -0.3 is 15.3 Å². The number of carbonyl (C=O) groups is 1. The third kappa shape index (κ3) is 3.85. The zero-order valence-electron chi connectivity index (χ0n) is 14.5. The Balaban J connectivity index is 1.82. The number of nitrogens with zero attached hydrogens (tertiary/aromatic N) is 1. The molecule has 2 atom stereocenters. The quantitative estimate of drug-likeness (QED) is 0.876. The van der Waals surface area contributed by atoms with Gasteiger partial charge in [0.05, 0.1) is 0 Å². The number of aliphatic hydroxyl groups is 1. The number of hydrogen-bond donors (Lipinski definition) is 2. The van der Waals surface area contributed by atoms with Crippen LogP contribution in [0.25, 0.3) is 0 Å². The molecular weight excluding hydrogens is 326 g/mol. The Morgan fingerprint density at radius 2 is 1.88 bits per heavy atom. The number of hydrogen-bond acceptors (Lipinski definition) is 3. The van der Waals surface area contributed by atoms with Gasteiger partial charge in [0, 0.05) is 24.8 Å². The van der Waals surface area contributed by atoms with E-state index in [9.17, 15) is 18.7 Å². The first-order valence-electron chi connectivity index (χ1n) is 8.96. The number of halogens is 2. The Morgan fingerprint density at radius 3 is 2.44 bits per heavy atom. The summed E-state index contributed by atoms with van der Waals surface area (Å²) in [6.45, 7) is 1.74. The molecule has 1 aromatic carbocycles. The lowest BCUT2D eigenvalue weighted by Crippen LogP contribution is -2.54. The molecule has 1 saturated heterocycles. The largest absolute Gasteiger partial charge is 0.375 e. The van der Waals surface area contributed by atoms with E-state index in [2.05, 4.69) is 10.2 Å². The molecule has 0 radical (unpaired) electrons. The molecule has 1 aliphatic carbocycles. The SMILES string of the molecule is CN1CCC(NC(=O)[C@](O)(c2ccccc2)[C@@H]2CCC(F)(F)C2)CC1. The molecular formula is C19H26F2N2O2. The molecule has 1 aromatic rings. The molecule has 3 rings (SSSR count). The summed E-state index contributed by atoms with van der Waals surface area (Å²) in [5.41, 5.74) is -1.52. The Morgan fingerprint density at radius 1 is 1.24 bits per heavy atom. The summed E-state index contributed by atoms with van der Waals surface area (Å²) < 4.78 is 27.5. The fraction of sp³-hybridized carbons (Fsp3) is 0.632. The van der Waals surface area contributed by atoms with Crippen molar-refractivity contribution in [2.45, 2.75) is 49.7 Å². The number of piperidine rings is 1. The highest BCUT2D eigenvalue weighted by atomic mass is 19.3. The lowest BCUT2D eigenvalue weighted by Gasteiger charge is -2.36. The number of carbonyl (C=O) groups excluding carboxylic acids is 1. The van der Waals surface area contributed by atoms with Crippen LogP contribution in [0.1, 0.15) is 37.7 Å². The van der Waals surface area contributed by atoms with E-state index in [1.54, 1.807) is 30.3 Å². The summed E-state index contributed by atoms with van der Waals surface area (Å²) >= 11 is 0. The van der Waals surface area contributed by atoms with Crippen LogP contribution >= 0.6 is 0 Å². The predicted molar refractivity (Wildman–Crippen MR) is 91.3 cm³/mol. The fourth-order valence-electron chi connectivity index (χ4n) is 4.00. The van der Waals surface area contributed by atoms with Gasteiger partial charge in [0.1, 0.15) is 0 Å². The van der Waals surface area contributed by atoms with Gasteiger partial charge in [-0.15, -0.1) is 0 Å². The first-order valence-corrected chi connectivity index (χ1v) is 8.96. The maximum atomic E-state index is 13.8. The molecule has 2 N–H and O–H groups in total. The molecule has 6 heteroatoms. The van der Waals surface area contributed by atoms with Gasteiger partial charge in [-0.1, -0.05) is 30.3 Å². The molecule has 0 aromatic heterocycles. The first-order chi connectivity index (χ1) is 11.8. The van der Waals surface area contributed by atoms with Crippen LogP contribution in [-0.4, -0.2) is 48.0 Å². The van der Waals surface area contributed by atoms with Crippen LogP contribution in [0.4, 0.5) is 8.78 Å². The highest BCUT2D eigenvalue weighted by Crippen LogP contribution is 2.47. The summed E-state index contributed by atoms with van der Waals surface area (Å²) in [6, 6.07) is 8.48. The standard InChI is InChI=1S/C19H26F2N2O2/c1-23-11-8-16(9-12-23)22-17(24)19(25,14-5-3-2-4-6-14)15-7-10-18(20,21)13-15/h2-6,15-16,25H,7-13H2,1H3,(H,22,24)/t15-,19+/m1/s1. The number of rotatable bonds is 4. The minimum atomic E-state index is -2.82. The van der Waals surface area contributed by atoms with E-state index in [-0.39, 0.29) is 18.9 Å². The van der Waals surface area contributed by atoms with Crippen molar-refractivity contribution in [3.63, 3.8) is 0 Å². The molecule has 0 unspecified atom stereocenters.